The first-order chi connectivity index (χ1) is 10.4. The van der Waals surface area contributed by atoms with Crippen molar-refractivity contribution < 1.29 is 19.1 Å². The number of carbonyl (C=O) groups excluding carboxylic acids is 1. The molecule has 0 radical (unpaired) electrons. The van der Waals surface area contributed by atoms with Crippen LogP contribution in [0.3, 0.4) is 0 Å². The Kier molecular flexibility index (Phi) is 3.48. The van der Waals surface area contributed by atoms with Crippen molar-refractivity contribution in [2.75, 3.05) is 0 Å². The Balaban J connectivity index is 1.84. The second-order valence-electron chi connectivity index (χ2n) is 5.43. The fraction of sp³-hybridized carbons (Fsp3) is 0.250. The highest BCUT2D eigenvalue weighted by Gasteiger charge is 2.51. The van der Waals surface area contributed by atoms with Gasteiger partial charge in [-0.15, -0.1) is 11.3 Å². The Labute approximate surface area is 130 Å². The van der Waals surface area contributed by atoms with Crippen LogP contribution in [0.25, 0.3) is 11.1 Å². The Morgan fingerprint density at radius 1 is 1.27 bits per heavy atom. The molecule has 1 heterocycles. The van der Waals surface area contributed by atoms with Crippen LogP contribution in [-0.4, -0.2) is 22.5 Å². The molecule has 1 saturated carbocycles. The Hall–Kier alpha value is -2.21. The van der Waals surface area contributed by atoms with E-state index in [-0.39, 0.29) is 11.7 Å². The van der Waals surface area contributed by atoms with Gasteiger partial charge in [0.15, 0.2) is 0 Å². The molecule has 0 bridgehead atoms. The second-order valence-corrected chi connectivity index (χ2v) is 6.69. The molecule has 1 aromatic heterocycles. The van der Waals surface area contributed by atoms with Crippen molar-refractivity contribution in [3.8, 4) is 11.1 Å². The maximum atomic E-state index is 13.0. The summed E-state index contributed by atoms with van der Waals surface area (Å²) in [7, 11) is 0. The van der Waals surface area contributed by atoms with Gasteiger partial charge in [0, 0.05) is 4.88 Å². The van der Waals surface area contributed by atoms with E-state index < -0.39 is 11.5 Å². The number of thiophene rings is 1. The first-order valence-electron chi connectivity index (χ1n) is 6.83. The number of benzene rings is 1. The molecule has 3 rings (SSSR count). The Morgan fingerprint density at radius 2 is 1.91 bits per heavy atom. The predicted molar refractivity (Wildman–Crippen MR) is 81.5 cm³/mol. The second kappa shape index (κ2) is 5.21. The van der Waals surface area contributed by atoms with Crippen molar-refractivity contribution >= 4 is 23.2 Å². The number of hydrogen-bond acceptors (Lipinski definition) is 3. The van der Waals surface area contributed by atoms with Crippen molar-refractivity contribution in [2.45, 2.75) is 25.3 Å². The van der Waals surface area contributed by atoms with E-state index in [1.165, 1.54) is 23.5 Å². The average Bonchev–Trinajstić information content (AvgIpc) is 3.15. The zero-order chi connectivity index (χ0) is 15.9. The van der Waals surface area contributed by atoms with Crippen LogP contribution in [0, 0.1) is 12.7 Å². The largest absolute Gasteiger partial charge is 0.480 e. The number of carbonyl (C=O) groups is 2. The Bertz CT molecular complexity index is 747. The van der Waals surface area contributed by atoms with Gasteiger partial charge in [-0.1, -0.05) is 12.1 Å². The molecule has 1 aliphatic rings. The smallest absolute Gasteiger partial charge is 0.329 e. The third kappa shape index (κ3) is 2.62. The standard InChI is InChI=1S/C16H14FNO3S/c1-9-12(10-2-4-11(17)5-3-10)8-13(22-9)14(19)18-16(6-7-16)15(20)21/h2-5,8H,6-7H2,1H3,(H,18,19)(H,20,21). The fourth-order valence-corrected chi connectivity index (χ4v) is 3.24. The van der Waals surface area contributed by atoms with E-state index in [2.05, 4.69) is 5.32 Å². The molecule has 2 aromatic rings. The van der Waals surface area contributed by atoms with Gasteiger partial charge in [-0.3, -0.25) is 4.79 Å². The molecule has 0 atom stereocenters. The van der Waals surface area contributed by atoms with Crippen LogP contribution in [0.15, 0.2) is 30.3 Å². The number of carboxylic acids is 1. The molecule has 114 valence electrons. The summed E-state index contributed by atoms with van der Waals surface area (Å²) in [5.41, 5.74) is 0.592. The SMILES string of the molecule is Cc1sc(C(=O)NC2(C(=O)O)CC2)cc1-c1ccc(F)cc1. The molecule has 1 amide bonds. The summed E-state index contributed by atoms with van der Waals surface area (Å²) in [4.78, 5) is 24.8. The lowest BCUT2D eigenvalue weighted by atomic mass is 10.1. The van der Waals surface area contributed by atoms with Gasteiger partial charge in [0.05, 0.1) is 4.88 Å². The lowest BCUT2D eigenvalue weighted by Crippen LogP contribution is -2.42. The van der Waals surface area contributed by atoms with Crippen LogP contribution in [0.4, 0.5) is 4.39 Å². The van der Waals surface area contributed by atoms with Gasteiger partial charge >= 0.3 is 5.97 Å². The summed E-state index contributed by atoms with van der Waals surface area (Å²) in [6.07, 6.45) is 0.923. The number of carboxylic acid groups (broad SMARTS) is 1. The number of aliphatic carboxylic acids is 1. The summed E-state index contributed by atoms with van der Waals surface area (Å²) >= 11 is 1.30. The molecule has 2 N–H and O–H groups in total. The van der Waals surface area contributed by atoms with Crippen molar-refractivity contribution in [3.63, 3.8) is 0 Å². The van der Waals surface area contributed by atoms with Crippen LogP contribution in [0.2, 0.25) is 0 Å². The van der Waals surface area contributed by atoms with Crippen molar-refractivity contribution in [1.29, 1.82) is 0 Å². The van der Waals surface area contributed by atoms with Crippen LogP contribution in [0.5, 0.6) is 0 Å². The van der Waals surface area contributed by atoms with E-state index in [0.29, 0.717) is 17.7 Å². The van der Waals surface area contributed by atoms with Gasteiger partial charge in [-0.25, -0.2) is 9.18 Å². The summed E-state index contributed by atoms with van der Waals surface area (Å²) in [5, 5.41) is 11.7. The van der Waals surface area contributed by atoms with Crippen LogP contribution < -0.4 is 5.32 Å². The highest BCUT2D eigenvalue weighted by molar-refractivity contribution is 7.14. The van der Waals surface area contributed by atoms with Crippen LogP contribution >= 0.6 is 11.3 Å². The number of nitrogens with one attached hydrogen (secondary N) is 1. The monoisotopic (exact) mass is 319 g/mol. The molecule has 22 heavy (non-hydrogen) atoms. The molecule has 6 heteroatoms. The van der Waals surface area contributed by atoms with E-state index in [4.69, 9.17) is 5.11 Å². The minimum Gasteiger partial charge on any atom is -0.480 e. The molecule has 1 aliphatic carbocycles. The maximum Gasteiger partial charge on any atom is 0.329 e. The highest BCUT2D eigenvalue weighted by Crippen LogP contribution is 2.37. The number of aryl methyl sites for hydroxylation is 1. The van der Waals surface area contributed by atoms with Gasteiger partial charge in [0.25, 0.3) is 5.91 Å². The lowest BCUT2D eigenvalue weighted by Gasteiger charge is -2.10. The molecule has 0 saturated heterocycles. The van der Waals surface area contributed by atoms with Crippen molar-refractivity contribution in [1.82, 2.24) is 5.32 Å². The minimum atomic E-state index is -1.09. The molecule has 1 aromatic carbocycles. The van der Waals surface area contributed by atoms with Gasteiger partial charge in [-0.05, 0) is 49.1 Å². The number of hydrogen-bond donors (Lipinski definition) is 2. The van der Waals surface area contributed by atoms with Gasteiger partial charge in [-0.2, -0.15) is 0 Å². The zero-order valence-corrected chi connectivity index (χ0v) is 12.7. The van der Waals surface area contributed by atoms with E-state index in [1.807, 2.05) is 6.92 Å². The first kappa shape index (κ1) is 14.7. The summed E-state index contributed by atoms with van der Waals surface area (Å²) in [5.74, 6) is -1.68. The fourth-order valence-electron chi connectivity index (χ4n) is 2.31. The normalized spacial score (nSPS) is 15.4. The summed E-state index contributed by atoms with van der Waals surface area (Å²) < 4.78 is 13.0. The summed E-state index contributed by atoms with van der Waals surface area (Å²) in [6, 6.07) is 7.78. The average molecular weight is 319 g/mol. The highest BCUT2D eigenvalue weighted by atomic mass is 32.1. The summed E-state index contributed by atoms with van der Waals surface area (Å²) in [6.45, 7) is 1.88. The van der Waals surface area contributed by atoms with Crippen LogP contribution in [0.1, 0.15) is 27.4 Å². The van der Waals surface area contributed by atoms with E-state index >= 15 is 0 Å². The quantitative estimate of drug-likeness (QED) is 0.909. The van der Waals surface area contributed by atoms with Gasteiger partial charge in [0.2, 0.25) is 0 Å². The molecule has 0 unspecified atom stereocenters. The lowest BCUT2D eigenvalue weighted by molar-refractivity contribution is -0.140. The van der Waals surface area contributed by atoms with Gasteiger partial charge < -0.3 is 10.4 Å². The molecular formula is C16H14FNO3S. The Morgan fingerprint density at radius 3 is 2.45 bits per heavy atom. The molecule has 4 nitrogen and oxygen atoms in total. The van der Waals surface area contributed by atoms with Gasteiger partial charge in [0.1, 0.15) is 11.4 Å². The first-order valence-corrected chi connectivity index (χ1v) is 7.65. The van der Waals surface area contributed by atoms with E-state index in [9.17, 15) is 14.0 Å². The van der Waals surface area contributed by atoms with Crippen LogP contribution in [-0.2, 0) is 4.79 Å². The molecule has 0 spiro atoms. The third-order valence-corrected chi connectivity index (χ3v) is 4.86. The molecule has 0 aliphatic heterocycles. The number of halogens is 1. The number of amides is 1. The minimum absolute atomic E-state index is 0.313. The topological polar surface area (TPSA) is 66.4 Å². The van der Waals surface area contributed by atoms with Crippen molar-refractivity contribution in [2.24, 2.45) is 0 Å². The van der Waals surface area contributed by atoms with Crippen molar-refractivity contribution in [3.05, 3.63) is 45.9 Å². The zero-order valence-electron chi connectivity index (χ0n) is 11.9. The van der Waals surface area contributed by atoms with E-state index in [1.54, 1.807) is 18.2 Å². The molecular weight excluding hydrogens is 305 g/mol. The predicted octanol–water partition coefficient (Wildman–Crippen LogP) is 3.21. The number of rotatable bonds is 4. The maximum absolute atomic E-state index is 13.0. The van der Waals surface area contributed by atoms with E-state index in [0.717, 1.165) is 16.0 Å². The molecule has 1 fully saturated rings. The third-order valence-electron chi connectivity index (χ3n) is 3.81.